The molecule has 0 spiro atoms. The third-order valence-corrected chi connectivity index (χ3v) is 3.31. The number of carbonyl (C=O) groups is 1. The number of anilines is 1. The van der Waals surface area contributed by atoms with Crippen molar-refractivity contribution in [1.29, 1.82) is 0 Å². The highest BCUT2D eigenvalue weighted by Crippen LogP contribution is 2.22. The second-order valence-corrected chi connectivity index (χ2v) is 4.89. The molecule has 1 N–H and O–H groups in total. The largest absolute Gasteiger partial charge is 0.465 e. The normalized spacial score (nSPS) is 10.5. The molecule has 23 heavy (non-hydrogen) atoms. The summed E-state index contributed by atoms with van der Waals surface area (Å²) in [5, 5.41) is 13.3. The van der Waals surface area contributed by atoms with E-state index in [1.807, 2.05) is 6.07 Å². The first-order valence-corrected chi connectivity index (χ1v) is 6.90. The van der Waals surface area contributed by atoms with Crippen LogP contribution in [-0.2, 0) is 6.54 Å². The second-order valence-electron chi connectivity index (χ2n) is 4.89. The van der Waals surface area contributed by atoms with Crippen molar-refractivity contribution < 1.29 is 18.8 Å². The van der Waals surface area contributed by atoms with Crippen LogP contribution in [0.1, 0.15) is 5.76 Å². The standard InChI is InChI=1S/C17H13FN2O3/c18-13-8-6-12(7-9-13)16-10-15(23-19-16)11-20(17(21)22)14-4-2-1-3-5-14/h1-10H,11H2,(H,21,22). The van der Waals surface area contributed by atoms with Gasteiger partial charge in [0.25, 0.3) is 0 Å². The molecule has 5 nitrogen and oxygen atoms in total. The summed E-state index contributed by atoms with van der Waals surface area (Å²) in [6.45, 7) is 0.0353. The monoisotopic (exact) mass is 312 g/mol. The van der Waals surface area contributed by atoms with Gasteiger partial charge >= 0.3 is 6.09 Å². The maximum atomic E-state index is 12.9. The molecular formula is C17H13FN2O3. The van der Waals surface area contributed by atoms with E-state index in [1.165, 1.54) is 12.1 Å². The third-order valence-electron chi connectivity index (χ3n) is 3.31. The van der Waals surface area contributed by atoms with Crippen molar-refractivity contribution in [2.45, 2.75) is 6.54 Å². The number of halogens is 1. The molecule has 1 amide bonds. The Labute approximate surface area is 131 Å². The highest BCUT2D eigenvalue weighted by Gasteiger charge is 2.17. The third kappa shape index (κ3) is 3.37. The first-order chi connectivity index (χ1) is 11.1. The first-order valence-electron chi connectivity index (χ1n) is 6.90. The maximum absolute atomic E-state index is 12.9. The summed E-state index contributed by atoms with van der Waals surface area (Å²) in [4.78, 5) is 12.6. The van der Waals surface area contributed by atoms with Crippen LogP contribution in [0.3, 0.4) is 0 Å². The fraction of sp³-hybridized carbons (Fsp3) is 0.0588. The lowest BCUT2D eigenvalue weighted by molar-refractivity contribution is 0.200. The number of hydrogen-bond acceptors (Lipinski definition) is 3. The van der Waals surface area contributed by atoms with Gasteiger partial charge in [-0.3, -0.25) is 4.90 Å². The molecular weight excluding hydrogens is 299 g/mol. The summed E-state index contributed by atoms with van der Waals surface area (Å²) in [6.07, 6.45) is -1.09. The Hall–Kier alpha value is -3.15. The zero-order valence-electron chi connectivity index (χ0n) is 12.0. The molecule has 0 radical (unpaired) electrons. The Bertz CT molecular complexity index is 800. The quantitative estimate of drug-likeness (QED) is 0.785. The Morgan fingerprint density at radius 3 is 2.48 bits per heavy atom. The van der Waals surface area contributed by atoms with Gasteiger partial charge in [-0.2, -0.15) is 0 Å². The van der Waals surface area contributed by atoms with E-state index in [1.54, 1.807) is 42.5 Å². The maximum Gasteiger partial charge on any atom is 0.412 e. The van der Waals surface area contributed by atoms with E-state index in [0.717, 1.165) is 4.90 Å². The van der Waals surface area contributed by atoms with Crippen molar-refractivity contribution in [2.24, 2.45) is 0 Å². The van der Waals surface area contributed by atoms with Gasteiger partial charge in [-0.15, -0.1) is 0 Å². The minimum atomic E-state index is -1.09. The summed E-state index contributed by atoms with van der Waals surface area (Å²) < 4.78 is 18.1. The van der Waals surface area contributed by atoms with Crippen LogP contribution in [0.5, 0.6) is 0 Å². The zero-order chi connectivity index (χ0) is 16.2. The Morgan fingerprint density at radius 2 is 1.83 bits per heavy atom. The van der Waals surface area contributed by atoms with Crippen LogP contribution in [0.2, 0.25) is 0 Å². The number of carboxylic acid groups (broad SMARTS) is 1. The van der Waals surface area contributed by atoms with Crippen LogP contribution in [0.4, 0.5) is 14.9 Å². The van der Waals surface area contributed by atoms with E-state index < -0.39 is 6.09 Å². The molecule has 0 saturated heterocycles. The van der Waals surface area contributed by atoms with Gasteiger partial charge in [-0.1, -0.05) is 23.4 Å². The molecule has 1 heterocycles. The van der Waals surface area contributed by atoms with Crippen LogP contribution < -0.4 is 4.90 Å². The van der Waals surface area contributed by atoms with Gasteiger partial charge in [-0.05, 0) is 36.4 Å². The molecule has 116 valence electrons. The predicted octanol–water partition coefficient (Wildman–Crippen LogP) is 4.17. The average molecular weight is 312 g/mol. The number of rotatable bonds is 4. The molecule has 0 aliphatic heterocycles. The molecule has 0 saturated carbocycles. The van der Waals surface area contributed by atoms with Crippen LogP contribution in [-0.4, -0.2) is 16.4 Å². The van der Waals surface area contributed by atoms with Crippen molar-refractivity contribution >= 4 is 11.8 Å². The van der Waals surface area contributed by atoms with E-state index in [-0.39, 0.29) is 12.4 Å². The minimum absolute atomic E-state index is 0.0353. The number of benzene rings is 2. The van der Waals surface area contributed by atoms with E-state index in [2.05, 4.69) is 5.16 Å². The van der Waals surface area contributed by atoms with Crippen LogP contribution in [0.15, 0.2) is 65.2 Å². The summed E-state index contributed by atoms with van der Waals surface area (Å²) in [6, 6.07) is 16.2. The SMILES string of the molecule is O=C(O)N(Cc1cc(-c2ccc(F)cc2)no1)c1ccccc1. The molecule has 0 unspecified atom stereocenters. The molecule has 0 aliphatic rings. The minimum Gasteiger partial charge on any atom is -0.465 e. The van der Waals surface area contributed by atoms with E-state index in [9.17, 15) is 14.3 Å². The first kappa shape index (κ1) is 14.8. The molecule has 1 aromatic heterocycles. The fourth-order valence-electron chi connectivity index (χ4n) is 2.18. The average Bonchev–Trinajstić information content (AvgIpc) is 3.02. The summed E-state index contributed by atoms with van der Waals surface area (Å²) in [5.41, 5.74) is 1.76. The van der Waals surface area contributed by atoms with Gasteiger partial charge < -0.3 is 9.63 Å². The van der Waals surface area contributed by atoms with Gasteiger partial charge in [0, 0.05) is 17.3 Å². The highest BCUT2D eigenvalue weighted by atomic mass is 19.1. The Morgan fingerprint density at radius 1 is 1.13 bits per heavy atom. The number of nitrogens with zero attached hydrogens (tertiary/aromatic N) is 2. The summed E-state index contributed by atoms with van der Waals surface area (Å²) in [7, 11) is 0. The molecule has 6 heteroatoms. The van der Waals surface area contributed by atoms with E-state index >= 15 is 0 Å². The van der Waals surface area contributed by atoms with Gasteiger partial charge in [0.1, 0.15) is 11.5 Å². The van der Waals surface area contributed by atoms with Gasteiger partial charge in [0.15, 0.2) is 5.76 Å². The number of aromatic nitrogens is 1. The van der Waals surface area contributed by atoms with Crippen LogP contribution in [0.25, 0.3) is 11.3 Å². The van der Waals surface area contributed by atoms with Crippen molar-refractivity contribution in [3.8, 4) is 11.3 Å². The van der Waals surface area contributed by atoms with Crippen molar-refractivity contribution in [1.82, 2.24) is 5.16 Å². The predicted molar refractivity (Wildman–Crippen MR) is 82.5 cm³/mol. The van der Waals surface area contributed by atoms with E-state index in [0.29, 0.717) is 22.7 Å². The van der Waals surface area contributed by atoms with Gasteiger partial charge in [0.05, 0.1) is 6.54 Å². The molecule has 0 atom stereocenters. The number of para-hydroxylation sites is 1. The zero-order valence-corrected chi connectivity index (χ0v) is 12.0. The Kier molecular flexibility index (Phi) is 4.05. The molecule has 3 aromatic rings. The molecule has 0 bridgehead atoms. The molecule has 3 rings (SSSR count). The number of amides is 1. The summed E-state index contributed by atoms with van der Waals surface area (Å²) in [5.74, 6) is 0.0641. The lowest BCUT2D eigenvalue weighted by atomic mass is 10.1. The molecule has 0 fully saturated rings. The molecule has 0 aliphatic carbocycles. The van der Waals surface area contributed by atoms with Crippen LogP contribution in [0, 0.1) is 5.82 Å². The lowest BCUT2D eigenvalue weighted by Gasteiger charge is -2.17. The lowest BCUT2D eigenvalue weighted by Crippen LogP contribution is -2.28. The van der Waals surface area contributed by atoms with Gasteiger partial charge in [0.2, 0.25) is 0 Å². The smallest absolute Gasteiger partial charge is 0.412 e. The topological polar surface area (TPSA) is 66.6 Å². The second kappa shape index (κ2) is 6.31. The van der Waals surface area contributed by atoms with Crippen molar-refractivity contribution in [2.75, 3.05) is 4.90 Å². The number of hydrogen-bond donors (Lipinski definition) is 1. The fourth-order valence-corrected chi connectivity index (χ4v) is 2.18. The van der Waals surface area contributed by atoms with Gasteiger partial charge in [-0.25, -0.2) is 9.18 Å². The van der Waals surface area contributed by atoms with Crippen molar-refractivity contribution in [3.05, 3.63) is 72.2 Å². The molecule has 2 aromatic carbocycles. The highest BCUT2D eigenvalue weighted by molar-refractivity contribution is 5.85. The Balaban J connectivity index is 1.82. The van der Waals surface area contributed by atoms with Crippen molar-refractivity contribution in [3.63, 3.8) is 0 Å². The van der Waals surface area contributed by atoms with Crippen LogP contribution >= 0.6 is 0 Å². The summed E-state index contributed by atoms with van der Waals surface area (Å²) >= 11 is 0. The van der Waals surface area contributed by atoms with E-state index in [4.69, 9.17) is 4.52 Å².